The van der Waals surface area contributed by atoms with Crippen molar-refractivity contribution in [1.29, 1.82) is 0 Å². The van der Waals surface area contributed by atoms with Crippen LogP contribution in [0.2, 0.25) is 0 Å². The summed E-state index contributed by atoms with van der Waals surface area (Å²) in [6, 6.07) is 36.8. The van der Waals surface area contributed by atoms with Gasteiger partial charge in [-0.15, -0.1) is 0 Å². The third kappa shape index (κ3) is 4.72. The maximum absolute atomic E-state index is 2.85. The van der Waals surface area contributed by atoms with E-state index in [9.17, 15) is 0 Å². The smallest absolute Gasteiger partial charge is 0.263 e. The van der Waals surface area contributed by atoms with E-state index in [4.69, 9.17) is 0 Å². The van der Waals surface area contributed by atoms with Gasteiger partial charge in [-0.25, -0.2) is 3.99 Å². The van der Waals surface area contributed by atoms with Crippen LogP contribution in [0.15, 0.2) is 97.1 Å². The number of rotatable bonds is 8. The average Bonchev–Trinajstić information content (AvgIpc) is 2.93. The van der Waals surface area contributed by atoms with Crippen molar-refractivity contribution in [2.75, 3.05) is 4.34 Å². The topological polar surface area (TPSA) is 6.25 Å². The van der Waals surface area contributed by atoms with Gasteiger partial charge >= 0.3 is 9.84 Å². The third-order valence-electron chi connectivity index (χ3n) is 8.11. The molecule has 4 heteroatoms. The molecule has 0 saturated heterocycles. The predicted octanol–water partition coefficient (Wildman–Crippen LogP) is 9.65. The highest BCUT2D eigenvalue weighted by atomic mass is 31.2. The highest BCUT2D eigenvalue weighted by Gasteiger charge is 2.57. The quantitative estimate of drug-likeness (QED) is 0.153. The standard InChI is InChI=1S/C36H44N2PSi/c1-25(2)31-21-15-22-32(26(3)4)35(31)37-39(29-17-11-9-12-18-29,30-19-13-10-14-20-30)38(40-37)36-33(27(5)6)23-16-24-34(36)28(7)8/h9-28H,1-8H3/q+1. The molecule has 2 radical (unpaired) electrons. The van der Waals surface area contributed by atoms with Crippen LogP contribution in [0, 0.1) is 0 Å². The number of nitrogens with zero attached hydrogens (tertiary/aromatic N) is 2. The molecule has 0 N–H and O–H groups in total. The molecule has 0 fully saturated rings. The summed E-state index contributed by atoms with van der Waals surface area (Å²) in [7, 11) is -1.69. The van der Waals surface area contributed by atoms with E-state index in [1.807, 2.05) is 0 Å². The van der Waals surface area contributed by atoms with E-state index in [1.54, 1.807) is 0 Å². The first kappa shape index (κ1) is 28.6. The second kappa shape index (κ2) is 11.5. The molecule has 40 heavy (non-hydrogen) atoms. The Kier molecular flexibility index (Phi) is 8.27. The van der Waals surface area contributed by atoms with Crippen molar-refractivity contribution in [3.8, 4) is 0 Å². The Morgan fingerprint density at radius 2 is 0.875 bits per heavy atom. The van der Waals surface area contributed by atoms with Gasteiger partial charge in [-0.2, -0.15) is 0 Å². The lowest BCUT2D eigenvalue weighted by atomic mass is 9.93. The summed E-state index contributed by atoms with van der Waals surface area (Å²) in [6.45, 7) is 18.8. The first-order valence-corrected chi connectivity index (χ1v) is 17.4. The largest absolute Gasteiger partial charge is 0.655 e. The molecule has 0 amide bonds. The zero-order valence-electron chi connectivity index (χ0n) is 25.4. The Labute approximate surface area is 245 Å². The normalized spacial score (nSPS) is 14.9. The van der Waals surface area contributed by atoms with Crippen molar-refractivity contribution < 1.29 is 3.99 Å². The van der Waals surface area contributed by atoms with E-state index in [0.717, 1.165) is 0 Å². The van der Waals surface area contributed by atoms with Gasteiger partial charge in [0.15, 0.2) is 5.69 Å². The van der Waals surface area contributed by atoms with E-state index in [1.165, 1.54) is 44.2 Å². The number of benzene rings is 4. The maximum atomic E-state index is 2.85. The van der Waals surface area contributed by atoms with Gasteiger partial charge in [-0.3, -0.25) is 4.34 Å². The Bertz CT molecular complexity index is 1440. The molecular weight excluding hydrogens is 519 g/mol. The van der Waals surface area contributed by atoms with Crippen LogP contribution in [0.1, 0.15) is 101 Å². The van der Waals surface area contributed by atoms with E-state index < -0.39 is 7.21 Å². The Balaban J connectivity index is 2.01. The van der Waals surface area contributed by atoms with Crippen LogP contribution in [-0.4, -0.2) is 13.8 Å². The Hall–Kier alpha value is -2.87. The molecule has 1 aliphatic heterocycles. The molecule has 5 rings (SSSR count). The number of para-hydroxylation sites is 2. The molecule has 0 atom stereocenters. The summed E-state index contributed by atoms with van der Waals surface area (Å²) in [5, 5.41) is 2.84. The zero-order valence-corrected chi connectivity index (χ0v) is 27.3. The fourth-order valence-corrected chi connectivity index (χ4v) is 13.5. The molecule has 4 aromatic carbocycles. The van der Waals surface area contributed by atoms with E-state index in [0.29, 0.717) is 33.5 Å². The summed E-state index contributed by atoms with van der Waals surface area (Å²) < 4.78 is 5.70. The molecule has 0 saturated carbocycles. The van der Waals surface area contributed by atoms with E-state index >= 15 is 0 Å². The van der Waals surface area contributed by atoms with Gasteiger partial charge in [0, 0.05) is 16.8 Å². The second-order valence-corrected chi connectivity index (χ2v) is 17.1. The summed E-state index contributed by atoms with van der Waals surface area (Å²) in [4.78, 5) is 0. The van der Waals surface area contributed by atoms with Crippen molar-refractivity contribution >= 4 is 39.0 Å². The van der Waals surface area contributed by atoms with Crippen LogP contribution >= 0.6 is 7.21 Å². The van der Waals surface area contributed by atoms with Crippen LogP contribution in [0.4, 0.5) is 11.4 Å². The molecule has 1 aliphatic rings. The van der Waals surface area contributed by atoms with Gasteiger partial charge in [0.05, 0.1) is 10.6 Å². The van der Waals surface area contributed by atoms with Crippen LogP contribution in [0.3, 0.4) is 0 Å². The van der Waals surface area contributed by atoms with Crippen LogP contribution in [0.25, 0.3) is 0 Å². The molecule has 2 nitrogen and oxygen atoms in total. The molecule has 0 bridgehead atoms. The van der Waals surface area contributed by atoms with Gasteiger partial charge in [-0.1, -0.05) is 128 Å². The lowest BCUT2D eigenvalue weighted by Crippen LogP contribution is -2.52. The summed E-state index contributed by atoms with van der Waals surface area (Å²) in [5.74, 6) is 1.76. The fourth-order valence-electron chi connectivity index (χ4n) is 6.06. The zero-order chi connectivity index (χ0) is 28.6. The minimum Gasteiger partial charge on any atom is -0.263 e. The van der Waals surface area contributed by atoms with Crippen molar-refractivity contribution in [2.45, 2.75) is 79.1 Å². The maximum Gasteiger partial charge on any atom is 0.655 e. The molecule has 4 aromatic rings. The number of hydrogen-bond acceptors (Lipinski definition) is 1. The van der Waals surface area contributed by atoms with Gasteiger partial charge in [0.1, 0.15) is 0 Å². The highest BCUT2D eigenvalue weighted by Crippen LogP contribution is 2.63. The van der Waals surface area contributed by atoms with E-state index in [-0.39, 0.29) is 0 Å². The third-order valence-corrected chi connectivity index (χ3v) is 14.8. The van der Waals surface area contributed by atoms with Crippen LogP contribution < -0.4 is 14.9 Å². The lowest BCUT2D eigenvalue weighted by Gasteiger charge is -2.45. The van der Waals surface area contributed by atoms with Crippen molar-refractivity contribution in [2.24, 2.45) is 0 Å². The summed E-state index contributed by atoms with van der Waals surface area (Å²) in [6.07, 6.45) is 0. The minimum atomic E-state index is -2.23. The molecule has 0 aromatic heterocycles. The van der Waals surface area contributed by atoms with Crippen molar-refractivity contribution in [3.05, 3.63) is 119 Å². The van der Waals surface area contributed by atoms with Gasteiger partial charge in [-0.05, 0) is 59.1 Å². The lowest BCUT2D eigenvalue weighted by molar-refractivity contribution is -0.266. The van der Waals surface area contributed by atoms with Gasteiger partial charge < -0.3 is 0 Å². The number of anilines is 1. The molecule has 0 unspecified atom stereocenters. The fraction of sp³-hybridized carbons (Fsp3) is 0.333. The van der Waals surface area contributed by atoms with Crippen molar-refractivity contribution in [3.63, 3.8) is 0 Å². The highest BCUT2D eigenvalue weighted by molar-refractivity contribution is 7.83. The Morgan fingerprint density at radius 3 is 1.25 bits per heavy atom. The first-order valence-electron chi connectivity index (χ1n) is 14.8. The van der Waals surface area contributed by atoms with Crippen LogP contribution in [-0.2, 0) is 0 Å². The van der Waals surface area contributed by atoms with Crippen LogP contribution in [0.5, 0.6) is 0 Å². The predicted molar refractivity (Wildman–Crippen MR) is 176 cm³/mol. The summed E-state index contributed by atoms with van der Waals surface area (Å²) in [5.41, 5.74) is 8.73. The molecule has 0 spiro atoms. The Morgan fingerprint density at radius 1 is 0.500 bits per heavy atom. The van der Waals surface area contributed by atoms with Gasteiger partial charge in [0.25, 0.3) is 0 Å². The minimum absolute atomic E-state index is 0.440. The summed E-state index contributed by atoms with van der Waals surface area (Å²) >= 11 is 0. The van der Waals surface area contributed by atoms with Gasteiger partial charge in [0.2, 0.25) is 7.21 Å². The second-order valence-electron chi connectivity index (χ2n) is 12.2. The molecule has 1 heterocycles. The SMILES string of the molecule is CC(C)c1cccc(C(C)C)c1N1[Si][N+](c2c(C(C)C)cccc2C(C)C)=P1(c1ccccc1)c1ccccc1. The average molecular weight is 564 g/mol. The first-order chi connectivity index (χ1) is 19.2. The molecular formula is C36H44N2PSi+. The number of hydrogen-bond donors (Lipinski definition) is 0. The van der Waals surface area contributed by atoms with Crippen molar-refractivity contribution in [1.82, 2.24) is 0 Å². The molecule has 0 aliphatic carbocycles. The van der Waals surface area contributed by atoms with E-state index in [2.05, 4.69) is 161 Å². The molecule has 206 valence electrons. The monoisotopic (exact) mass is 563 g/mol.